The fourth-order valence-corrected chi connectivity index (χ4v) is 4.24. The minimum atomic E-state index is -3.83. The first-order valence-corrected chi connectivity index (χ1v) is 9.65. The average molecular weight is 383 g/mol. The number of hydrogen-bond acceptors (Lipinski definition) is 5. The monoisotopic (exact) mass is 382 g/mol. The molecule has 1 N–H and O–H groups in total. The predicted molar refractivity (Wildman–Crippen MR) is 98.3 cm³/mol. The Morgan fingerprint density at radius 2 is 1.88 bits per heavy atom. The van der Waals surface area contributed by atoms with Crippen LogP contribution in [-0.2, 0) is 14.8 Å². The Morgan fingerprint density at radius 3 is 2.56 bits per heavy atom. The number of sulfonamides is 1. The van der Waals surface area contributed by atoms with E-state index < -0.39 is 10.0 Å². The Hall–Kier alpha value is -1.96. The topological polar surface area (TPSA) is 67.9 Å². The van der Waals surface area contributed by atoms with E-state index in [1.165, 1.54) is 19.2 Å². The molecule has 3 rings (SSSR count). The number of benzene rings is 2. The molecule has 0 amide bonds. The maximum Gasteiger partial charge on any atom is 0.263 e. The fraction of sp³-hybridized carbons (Fsp3) is 0.294. The van der Waals surface area contributed by atoms with Crippen LogP contribution in [0, 0.1) is 0 Å². The van der Waals surface area contributed by atoms with Gasteiger partial charge in [0.05, 0.1) is 31.0 Å². The normalized spacial score (nSPS) is 15.0. The highest BCUT2D eigenvalue weighted by Crippen LogP contribution is 2.32. The summed E-state index contributed by atoms with van der Waals surface area (Å²) >= 11 is 6.03. The zero-order valence-electron chi connectivity index (χ0n) is 13.7. The largest absolute Gasteiger partial charge is 0.495 e. The number of halogens is 1. The van der Waals surface area contributed by atoms with Gasteiger partial charge in [-0.15, -0.1) is 0 Å². The first kappa shape index (κ1) is 17.8. The van der Waals surface area contributed by atoms with Gasteiger partial charge in [-0.1, -0.05) is 23.7 Å². The summed E-state index contributed by atoms with van der Waals surface area (Å²) < 4.78 is 38.6. The van der Waals surface area contributed by atoms with E-state index in [0.717, 1.165) is 18.8 Å². The van der Waals surface area contributed by atoms with Gasteiger partial charge in [0.2, 0.25) is 0 Å². The number of ether oxygens (including phenoxy) is 2. The van der Waals surface area contributed by atoms with Crippen molar-refractivity contribution in [3.8, 4) is 5.75 Å². The zero-order valence-corrected chi connectivity index (χ0v) is 15.3. The van der Waals surface area contributed by atoms with Gasteiger partial charge in [0.1, 0.15) is 10.6 Å². The quantitative estimate of drug-likeness (QED) is 0.861. The number of nitrogens with one attached hydrogen (secondary N) is 1. The van der Waals surface area contributed by atoms with Crippen LogP contribution < -0.4 is 14.4 Å². The third-order valence-corrected chi connectivity index (χ3v) is 5.80. The van der Waals surface area contributed by atoms with Gasteiger partial charge in [-0.25, -0.2) is 8.42 Å². The van der Waals surface area contributed by atoms with Gasteiger partial charge in [-0.05, 0) is 30.3 Å². The van der Waals surface area contributed by atoms with Crippen LogP contribution >= 0.6 is 11.6 Å². The van der Waals surface area contributed by atoms with Crippen LogP contribution in [0.3, 0.4) is 0 Å². The summed E-state index contributed by atoms with van der Waals surface area (Å²) in [6, 6.07) is 11.7. The molecule has 0 spiro atoms. The molecule has 6 nitrogen and oxygen atoms in total. The van der Waals surface area contributed by atoms with Crippen molar-refractivity contribution in [1.82, 2.24) is 0 Å². The standard InChI is InChI=1S/C17H19ClN2O4S/c1-23-16-7-6-13(20-8-10-24-11-9-20)12-15(16)19-25(21,22)17-5-3-2-4-14(17)18/h2-7,12,19H,8-11H2,1H3. The molecule has 0 atom stereocenters. The molecule has 0 bridgehead atoms. The van der Waals surface area contributed by atoms with Crippen LogP contribution in [0.1, 0.15) is 0 Å². The van der Waals surface area contributed by atoms with Gasteiger partial charge in [0.25, 0.3) is 10.0 Å². The lowest BCUT2D eigenvalue weighted by Gasteiger charge is -2.29. The molecule has 8 heteroatoms. The number of anilines is 2. The van der Waals surface area contributed by atoms with Crippen LogP contribution in [0.5, 0.6) is 5.75 Å². The van der Waals surface area contributed by atoms with Crippen molar-refractivity contribution in [3.05, 3.63) is 47.5 Å². The molecular weight excluding hydrogens is 364 g/mol. The van der Waals surface area contributed by atoms with Crippen LogP contribution in [0.25, 0.3) is 0 Å². The summed E-state index contributed by atoms with van der Waals surface area (Å²) in [5.41, 5.74) is 1.27. The van der Waals surface area contributed by atoms with Crippen molar-refractivity contribution in [2.75, 3.05) is 43.0 Å². The predicted octanol–water partition coefficient (Wildman–Crippen LogP) is 2.99. The third kappa shape index (κ3) is 4.00. The molecule has 0 aromatic heterocycles. The molecule has 25 heavy (non-hydrogen) atoms. The molecule has 0 radical (unpaired) electrons. The van der Waals surface area contributed by atoms with Crippen molar-refractivity contribution in [3.63, 3.8) is 0 Å². The lowest BCUT2D eigenvalue weighted by atomic mass is 10.2. The maximum absolute atomic E-state index is 12.7. The molecule has 134 valence electrons. The van der Waals surface area contributed by atoms with E-state index >= 15 is 0 Å². The van der Waals surface area contributed by atoms with Crippen molar-refractivity contribution in [1.29, 1.82) is 0 Å². The van der Waals surface area contributed by atoms with Gasteiger partial charge < -0.3 is 14.4 Å². The van der Waals surface area contributed by atoms with E-state index in [1.54, 1.807) is 24.3 Å². The highest BCUT2D eigenvalue weighted by atomic mass is 35.5. The lowest BCUT2D eigenvalue weighted by Crippen LogP contribution is -2.36. The van der Waals surface area contributed by atoms with E-state index in [9.17, 15) is 8.42 Å². The van der Waals surface area contributed by atoms with E-state index in [0.29, 0.717) is 24.7 Å². The Morgan fingerprint density at radius 1 is 1.16 bits per heavy atom. The Bertz CT molecular complexity index is 851. The molecular formula is C17H19ClN2O4S. The van der Waals surface area contributed by atoms with Gasteiger partial charge >= 0.3 is 0 Å². The highest BCUT2D eigenvalue weighted by Gasteiger charge is 2.21. The smallest absolute Gasteiger partial charge is 0.263 e. The highest BCUT2D eigenvalue weighted by molar-refractivity contribution is 7.92. The second kappa shape index (κ2) is 7.51. The number of morpholine rings is 1. The molecule has 2 aromatic carbocycles. The molecule has 1 saturated heterocycles. The van der Waals surface area contributed by atoms with E-state index in [4.69, 9.17) is 21.1 Å². The van der Waals surface area contributed by atoms with Crippen molar-refractivity contribution >= 4 is 33.0 Å². The van der Waals surface area contributed by atoms with E-state index in [-0.39, 0.29) is 9.92 Å². The van der Waals surface area contributed by atoms with Crippen LogP contribution in [0.4, 0.5) is 11.4 Å². The SMILES string of the molecule is COc1ccc(N2CCOCC2)cc1NS(=O)(=O)c1ccccc1Cl. The van der Waals surface area contributed by atoms with Gasteiger partial charge in [-0.2, -0.15) is 0 Å². The number of rotatable bonds is 5. The first-order valence-electron chi connectivity index (χ1n) is 7.79. The number of hydrogen-bond donors (Lipinski definition) is 1. The van der Waals surface area contributed by atoms with Crippen LogP contribution in [0.15, 0.2) is 47.4 Å². The maximum atomic E-state index is 12.7. The summed E-state index contributed by atoms with van der Waals surface area (Å²) in [7, 11) is -2.33. The molecule has 0 saturated carbocycles. The van der Waals surface area contributed by atoms with Gasteiger partial charge in [-0.3, -0.25) is 4.72 Å². The van der Waals surface area contributed by atoms with Crippen LogP contribution in [0.2, 0.25) is 5.02 Å². The Balaban J connectivity index is 1.94. The van der Waals surface area contributed by atoms with Crippen molar-refractivity contribution in [2.45, 2.75) is 4.90 Å². The molecule has 1 heterocycles. The fourth-order valence-electron chi connectivity index (χ4n) is 2.66. The number of methoxy groups -OCH3 is 1. The molecule has 0 unspecified atom stereocenters. The number of nitrogens with zero attached hydrogens (tertiary/aromatic N) is 1. The van der Waals surface area contributed by atoms with Crippen LogP contribution in [-0.4, -0.2) is 41.8 Å². The molecule has 0 aliphatic carbocycles. The summed E-state index contributed by atoms with van der Waals surface area (Å²) in [4.78, 5) is 2.16. The minimum Gasteiger partial charge on any atom is -0.495 e. The summed E-state index contributed by atoms with van der Waals surface area (Å²) in [6.07, 6.45) is 0. The second-order valence-corrected chi connectivity index (χ2v) is 7.58. The lowest BCUT2D eigenvalue weighted by molar-refractivity contribution is 0.122. The van der Waals surface area contributed by atoms with Crippen molar-refractivity contribution in [2.24, 2.45) is 0 Å². The van der Waals surface area contributed by atoms with E-state index in [1.807, 2.05) is 6.07 Å². The molecule has 1 aliphatic heterocycles. The molecule has 2 aromatic rings. The third-order valence-electron chi connectivity index (χ3n) is 3.93. The molecule has 1 fully saturated rings. The summed E-state index contributed by atoms with van der Waals surface area (Å²) in [6.45, 7) is 2.80. The van der Waals surface area contributed by atoms with Gasteiger partial charge in [0, 0.05) is 18.8 Å². The Kier molecular flexibility index (Phi) is 5.36. The van der Waals surface area contributed by atoms with E-state index in [2.05, 4.69) is 9.62 Å². The Labute approximate surface area is 152 Å². The van der Waals surface area contributed by atoms with Crippen molar-refractivity contribution < 1.29 is 17.9 Å². The molecule has 1 aliphatic rings. The average Bonchev–Trinajstić information content (AvgIpc) is 2.62. The zero-order chi connectivity index (χ0) is 17.9. The summed E-state index contributed by atoms with van der Waals surface area (Å²) in [5, 5.41) is 0.165. The summed E-state index contributed by atoms with van der Waals surface area (Å²) in [5.74, 6) is 0.438. The second-order valence-electron chi connectivity index (χ2n) is 5.52. The minimum absolute atomic E-state index is 0.0236. The first-order chi connectivity index (χ1) is 12.0. The van der Waals surface area contributed by atoms with Gasteiger partial charge in [0.15, 0.2) is 0 Å².